The summed E-state index contributed by atoms with van der Waals surface area (Å²) in [7, 11) is 0. The molecule has 0 aliphatic carbocycles. The summed E-state index contributed by atoms with van der Waals surface area (Å²) >= 11 is 2.33. The number of carbonyl (C=O) groups is 1. The molecule has 0 atom stereocenters. The number of nitrogens with one attached hydrogen (secondary N) is 3. The van der Waals surface area contributed by atoms with Crippen LogP contribution in [0, 0.1) is 0 Å². The molecule has 0 saturated carbocycles. The molecule has 4 aromatic rings. The Hall–Kier alpha value is -2.99. The highest BCUT2D eigenvalue weighted by molar-refractivity contribution is 7.16. The number of aromatic nitrogens is 4. The molecular weight excluding hydrogens is 437 g/mol. The van der Waals surface area contributed by atoms with E-state index in [4.69, 9.17) is 0 Å². The number of halogens is 3. The van der Waals surface area contributed by atoms with Gasteiger partial charge < -0.3 is 15.6 Å². The molecular formula is C18H15F3N6OS2. The van der Waals surface area contributed by atoms with Crippen LogP contribution in [-0.2, 0) is 12.7 Å². The number of imidazole rings is 1. The van der Waals surface area contributed by atoms with Crippen molar-refractivity contribution in [3.05, 3.63) is 40.6 Å². The molecule has 0 saturated heterocycles. The molecule has 0 unspecified atom stereocenters. The summed E-state index contributed by atoms with van der Waals surface area (Å²) in [6.45, 7) is 2.34. The zero-order chi connectivity index (χ0) is 21.3. The number of aromatic amines is 1. The maximum Gasteiger partial charge on any atom is 0.434 e. The van der Waals surface area contributed by atoms with Crippen molar-refractivity contribution in [3.63, 3.8) is 0 Å². The third kappa shape index (κ3) is 4.14. The summed E-state index contributed by atoms with van der Waals surface area (Å²) in [5.41, 5.74) is 3.16. The second kappa shape index (κ2) is 8.03. The Morgan fingerprint density at radius 1 is 1.20 bits per heavy atom. The average Bonchev–Trinajstić information content (AvgIpc) is 3.43. The van der Waals surface area contributed by atoms with Crippen LogP contribution in [0.3, 0.4) is 0 Å². The summed E-state index contributed by atoms with van der Waals surface area (Å²) in [5, 5.41) is 6.36. The van der Waals surface area contributed by atoms with Crippen LogP contribution in [0.5, 0.6) is 0 Å². The third-order valence-corrected chi connectivity index (χ3v) is 5.76. The lowest BCUT2D eigenvalue weighted by atomic mass is 10.1. The van der Waals surface area contributed by atoms with Gasteiger partial charge in [-0.3, -0.25) is 0 Å². The Bertz CT molecular complexity index is 1200. The van der Waals surface area contributed by atoms with E-state index in [9.17, 15) is 18.0 Å². The zero-order valence-electron chi connectivity index (χ0n) is 15.5. The molecule has 3 aromatic heterocycles. The number of H-pyrrole nitrogens is 1. The maximum absolute atomic E-state index is 13.0. The average molecular weight is 452 g/mol. The van der Waals surface area contributed by atoms with Gasteiger partial charge in [0.2, 0.25) is 0 Å². The lowest BCUT2D eigenvalue weighted by Gasteiger charge is -2.03. The van der Waals surface area contributed by atoms with Gasteiger partial charge in [0.05, 0.1) is 28.0 Å². The molecule has 30 heavy (non-hydrogen) atoms. The Balaban J connectivity index is 1.74. The van der Waals surface area contributed by atoms with Gasteiger partial charge in [0.15, 0.2) is 5.69 Å². The Kier molecular flexibility index (Phi) is 5.43. The molecule has 3 heterocycles. The highest BCUT2D eigenvalue weighted by Crippen LogP contribution is 2.37. The number of amides is 2. The van der Waals surface area contributed by atoms with Crippen LogP contribution in [0.25, 0.3) is 32.2 Å². The molecule has 4 rings (SSSR count). The van der Waals surface area contributed by atoms with E-state index in [2.05, 4.69) is 30.6 Å². The van der Waals surface area contributed by atoms with Crippen LogP contribution in [0.4, 0.5) is 18.0 Å². The lowest BCUT2D eigenvalue weighted by molar-refractivity contribution is -0.140. The minimum Gasteiger partial charge on any atom is -0.340 e. The standard InChI is InChI=1S/C18H15F3N6OS2/c1-2-22-17(28)23-6-13-26-14(9-3-4-10-11(5-9)30-8-24-10)15(27-13)16-25-12(7-29-16)18(19,20)21/h3-5,7-8H,2,6H2,1H3,(H,26,27)(H2,22,23,28). The third-order valence-electron chi connectivity index (χ3n) is 4.12. The maximum atomic E-state index is 13.0. The van der Waals surface area contributed by atoms with Crippen molar-refractivity contribution in [2.24, 2.45) is 0 Å². The molecule has 0 radical (unpaired) electrons. The number of benzene rings is 1. The number of thiazole rings is 2. The zero-order valence-corrected chi connectivity index (χ0v) is 17.1. The smallest absolute Gasteiger partial charge is 0.340 e. The fourth-order valence-corrected chi connectivity index (χ4v) is 4.32. The number of urea groups is 1. The van der Waals surface area contributed by atoms with Crippen molar-refractivity contribution in [2.75, 3.05) is 6.54 Å². The molecule has 3 N–H and O–H groups in total. The second-order valence-corrected chi connectivity index (χ2v) is 7.94. The monoisotopic (exact) mass is 452 g/mol. The van der Waals surface area contributed by atoms with Crippen LogP contribution in [0.15, 0.2) is 29.1 Å². The van der Waals surface area contributed by atoms with Crippen LogP contribution < -0.4 is 10.6 Å². The van der Waals surface area contributed by atoms with Gasteiger partial charge in [-0.25, -0.2) is 19.7 Å². The van der Waals surface area contributed by atoms with Crippen LogP contribution in [0.1, 0.15) is 18.4 Å². The molecule has 12 heteroatoms. The van der Waals surface area contributed by atoms with Gasteiger partial charge in [-0.1, -0.05) is 6.07 Å². The van der Waals surface area contributed by atoms with Gasteiger partial charge in [-0.15, -0.1) is 22.7 Å². The van der Waals surface area contributed by atoms with Gasteiger partial charge in [-0.05, 0) is 19.1 Å². The van der Waals surface area contributed by atoms with Gasteiger partial charge in [-0.2, -0.15) is 13.2 Å². The molecule has 0 spiro atoms. The van der Waals surface area contributed by atoms with Gasteiger partial charge in [0.25, 0.3) is 0 Å². The van der Waals surface area contributed by atoms with E-state index in [-0.39, 0.29) is 17.6 Å². The first-order valence-corrected chi connectivity index (χ1v) is 10.6. The summed E-state index contributed by atoms with van der Waals surface area (Å²) < 4.78 is 40.0. The van der Waals surface area contributed by atoms with Crippen molar-refractivity contribution in [1.29, 1.82) is 0 Å². The summed E-state index contributed by atoms with van der Waals surface area (Å²) in [6, 6.07) is 5.18. The number of carbonyl (C=O) groups excluding carboxylic acids is 1. The first-order valence-electron chi connectivity index (χ1n) is 8.82. The summed E-state index contributed by atoms with van der Waals surface area (Å²) in [5.74, 6) is 0.402. The summed E-state index contributed by atoms with van der Waals surface area (Å²) in [6.07, 6.45) is -4.53. The number of alkyl halides is 3. The van der Waals surface area contributed by atoms with Crippen LogP contribution in [0.2, 0.25) is 0 Å². The number of hydrogen-bond acceptors (Lipinski definition) is 6. The normalized spacial score (nSPS) is 11.7. The van der Waals surface area contributed by atoms with Crippen molar-refractivity contribution in [1.82, 2.24) is 30.6 Å². The summed E-state index contributed by atoms with van der Waals surface area (Å²) in [4.78, 5) is 27.2. The first-order chi connectivity index (χ1) is 14.3. The van der Waals surface area contributed by atoms with Crippen molar-refractivity contribution in [2.45, 2.75) is 19.6 Å². The lowest BCUT2D eigenvalue weighted by Crippen LogP contribution is -2.34. The highest BCUT2D eigenvalue weighted by Gasteiger charge is 2.34. The van der Waals surface area contributed by atoms with Crippen molar-refractivity contribution in [3.8, 4) is 22.0 Å². The minimum absolute atomic E-state index is 0.0825. The fraction of sp³-hybridized carbons (Fsp3) is 0.222. The first kappa shape index (κ1) is 20.3. The molecule has 156 valence electrons. The topological polar surface area (TPSA) is 95.6 Å². The molecule has 0 aliphatic rings. The van der Waals surface area contributed by atoms with Crippen molar-refractivity contribution < 1.29 is 18.0 Å². The number of fused-ring (bicyclic) bond motifs is 1. The molecule has 2 amide bonds. The van der Waals surface area contributed by atoms with E-state index in [0.717, 1.165) is 32.5 Å². The second-order valence-electron chi connectivity index (χ2n) is 6.19. The van der Waals surface area contributed by atoms with Gasteiger partial charge in [0, 0.05) is 17.5 Å². The van der Waals surface area contributed by atoms with Crippen LogP contribution >= 0.6 is 22.7 Å². The van der Waals surface area contributed by atoms with Crippen molar-refractivity contribution >= 4 is 38.9 Å². The molecule has 7 nitrogen and oxygen atoms in total. The molecule has 1 aromatic carbocycles. The number of hydrogen-bond donors (Lipinski definition) is 3. The Labute approximate surface area is 176 Å². The number of rotatable bonds is 5. The molecule has 0 bridgehead atoms. The van der Waals surface area contributed by atoms with E-state index in [0.29, 0.717) is 23.8 Å². The molecule has 0 aliphatic heterocycles. The predicted molar refractivity (Wildman–Crippen MR) is 109 cm³/mol. The van der Waals surface area contributed by atoms with E-state index in [1.807, 2.05) is 18.2 Å². The van der Waals surface area contributed by atoms with E-state index in [1.165, 1.54) is 11.3 Å². The van der Waals surface area contributed by atoms with Gasteiger partial charge >= 0.3 is 12.2 Å². The number of nitrogens with zero attached hydrogens (tertiary/aromatic N) is 3. The highest BCUT2D eigenvalue weighted by atomic mass is 32.1. The SMILES string of the molecule is CCNC(=O)NCc1nc(-c2nc(C(F)(F)F)cs2)c(-c2ccc3ncsc3c2)[nH]1. The van der Waals surface area contributed by atoms with Crippen LogP contribution in [-0.4, -0.2) is 32.5 Å². The molecule has 0 fully saturated rings. The van der Waals surface area contributed by atoms with E-state index >= 15 is 0 Å². The van der Waals surface area contributed by atoms with E-state index in [1.54, 1.807) is 12.4 Å². The Morgan fingerprint density at radius 3 is 2.77 bits per heavy atom. The van der Waals surface area contributed by atoms with Gasteiger partial charge in [0.1, 0.15) is 16.5 Å². The quantitative estimate of drug-likeness (QED) is 0.411. The Morgan fingerprint density at radius 2 is 2.03 bits per heavy atom. The fourth-order valence-electron chi connectivity index (χ4n) is 2.78. The minimum atomic E-state index is -4.53. The van der Waals surface area contributed by atoms with E-state index < -0.39 is 11.9 Å². The largest absolute Gasteiger partial charge is 0.434 e. The predicted octanol–water partition coefficient (Wildman–Crippen LogP) is 4.65.